The molecule has 2 aliphatic rings. The number of hydrogen-bond acceptors (Lipinski definition) is 9. The number of carbonyl (C=O) groups is 1. The quantitative estimate of drug-likeness (QED) is 0.268. The number of morpholine rings is 1. The van der Waals surface area contributed by atoms with Crippen molar-refractivity contribution in [3.63, 3.8) is 0 Å². The van der Waals surface area contributed by atoms with Crippen LogP contribution in [-0.2, 0) is 21.2 Å². The molecule has 1 atom stereocenters. The van der Waals surface area contributed by atoms with E-state index in [2.05, 4.69) is 0 Å². The maximum absolute atomic E-state index is 13.9. The third-order valence-electron chi connectivity index (χ3n) is 7.43. The Labute approximate surface area is 243 Å². The first-order valence-electron chi connectivity index (χ1n) is 13.3. The van der Waals surface area contributed by atoms with Crippen molar-refractivity contribution in [3.05, 3.63) is 87.5 Å². The van der Waals surface area contributed by atoms with Crippen molar-refractivity contribution in [1.82, 2.24) is 9.21 Å². The van der Waals surface area contributed by atoms with E-state index in [-0.39, 0.29) is 36.2 Å². The molecule has 0 N–H and O–H groups in total. The molecule has 222 valence electrons. The highest BCUT2D eigenvalue weighted by Crippen LogP contribution is 2.39. The SMILES string of the molecule is COc1cc2c(cc1OC)[C@@H](COc1ccc([N+](=O)[O-])cc1)N(C(=O)c1ccc(S(=O)(=O)N3CCOCC3)cc1)CC2. The molecule has 0 aliphatic carbocycles. The Kier molecular flexibility index (Phi) is 8.61. The average molecular weight is 598 g/mol. The standard InChI is InChI=1S/C29H31N3O9S/c1-38-27-17-21-11-12-31(29(33)20-3-9-24(10-4-20)42(36,37)30-13-15-40-16-14-30)26(25(21)18-28(27)39-2)19-41-23-7-5-22(6-8-23)32(34)35/h3-10,17-18,26H,11-16,19H2,1-2H3/t26-/m1/s1. The summed E-state index contributed by atoms with van der Waals surface area (Å²) in [7, 11) is -0.612. The molecule has 2 heterocycles. The smallest absolute Gasteiger partial charge is 0.269 e. The zero-order valence-corrected chi connectivity index (χ0v) is 24.0. The van der Waals surface area contributed by atoms with E-state index in [0.29, 0.717) is 49.0 Å². The number of hydrogen-bond donors (Lipinski definition) is 0. The molecular weight excluding hydrogens is 566 g/mol. The molecule has 0 saturated carbocycles. The van der Waals surface area contributed by atoms with Crippen LogP contribution in [0.4, 0.5) is 5.69 Å². The summed E-state index contributed by atoms with van der Waals surface area (Å²) in [5.74, 6) is 1.20. The number of ether oxygens (including phenoxy) is 4. The lowest BCUT2D eigenvalue weighted by Crippen LogP contribution is -2.42. The zero-order chi connectivity index (χ0) is 29.9. The number of amides is 1. The number of carbonyl (C=O) groups excluding carboxylic acids is 1. The van der Waals surface area contributed by atoms with Gasteiger partial charge in [0.2, 0.25) is 10.0 Å². The predicted octanol–water partition coefficient (Wildman–Crippen LogP) is 3.45. The van der Waals surface area contributed by atoms with Crippen LogP contribution in [-0.4, -0.2) is 82.1 Å². The van der Waals surface area contributed by atoms with Crippen LogP contribution in [0.5, 0.6) is 17.2 Å². The Hall–Kier alpha value is -4.20. The van der Waals surface area contributed by atoms with Crippen molar-refractivity contribution in [2.24, 2.45) is 0 Å². The number of nitro benzene ring substituents is 1. The van der Waals surface area contributed by atoms with Gasteiger partial charge in [0.05, 0.1) is 43.3 Å². The Morgan fingerprint density at radius 2 is 1.62 bits per heavy atom. The first-order chi connectivity index (χ1) is 20.2. The molecule has 0 bridgehead atoms. The predicted molar refractivity (Wildman–Crippen MR) is 152 cm³/mol. The highest BCUT2D eigenvalue weighted by atomic mass is 32.2. The third kappa shape index (κ3) is 5.89. The molecule has 0 spiro atoms. The van der Waals surface area contributed by atoms with Gasteiger partial charge in [-0.2, -0.15) is 4.31 Å². The van der Waals surface area contributed by atoms with E-state index in [0.717, 1.165) is 11.1 Å². The minimum Gasteiger partial charge on any atom is -0.493 e. The normalized spacial score (nSPS) is 17.3. The molecule has 3 aromatic rings. The monoisotopic (exact) mass is 597 g/mol. The van der Waals surface area contributed by atoms with Crippen molar-refractivity contribution in [1.29, 1.82) is 0 Å². The largest absolute Gasteiger partial charge is 0.493 e. The van der Waals surface area contributed by atoms with Crippen molar-refractivity contribution in [2.75, 3.05) is 53.7 Å². The molecule has 0 radical (unpaired) electrons. The molecule has 1 amide bonds. The third-order valence-corrected chi connectivity index (χ3v) is 9.34. The summed E-state index contributed by atoms with van der Waals surface area (Å²) in [5, 5.41) is 11.0. The van der Waals surface area contributed by atoms with Crippen molar-refractivity contribution >= 4 is 21.6 Å². The molecule has 12 nitrogen and oxygen atoms in total. The van der Waals surface area contributed by atoms with Crippen LogP contribution in [0.2, 0.25) is 0 Å². The maximum Gasteiger partial charge on any atom is 0.269 e. The van der Waals surface area contributed by atoms with E-state index in [1.807, 2.05) is 12.1 Å². The lowest BCUT2D eigenvalue weighted by Gasteiger charge is -2.37. The fourth-order valence-electron chi connectivity index (χ4n) is 5.16. The number of nitro groups is 1. The summed E-state index contributed by atoms with van der Waals surface area (Å²) in [6, 6.07) is 14.9. The summed E-state index contributed by atoms with van der Waals surface area (Å²) in [6.45, 7) is 1.68. The molecule has 3 aromatic carbocycles. The highest BCUT2D eigenvalue weighted by Gasteiger charge is 2.34. The van der Waals surface area contributed by atoms with E-state index in [1.54, 1.807) is 12.0 Å². The lowest BCUT2D eigenvalue weighted by atomic mass is 9.91. The number of benzene rings is 3. The van der Waals surface area contributed by atoms with Gasteiger partial charge in [-0.05, 0) is 66.1 Å². The van der Waals surface area contributed by atoms with Crippen LogP contribution in [0, 0.1) is 10.1 Å². The molecule has 0 unspecified atom stereocenters. The molecule has 5 rings (SSSR count). The second-order valence-electron chi connectivity index (χ2n) is 9.77. The van der Waals surface area contributed by atoms with Crippen LogP contribution >= 0.6 is 0 Å². The molecule has 1 fully saturated rings. The van der Waals surface area contributed by atoms with Gasteiger partial charge in [0.15, 0.2) is 11.5 Å². The molecular formula is C29H31N3O9S. The van der Waals surface area contributed by atoms with Crippen LogP contribution in [0.15, 0.2) is 65.6 Å². The second-order valence-corrected chi connectivity index (χ2v) is 11.7. The number of sulfonamides is 1. The average Bonchev–Trinajstić information content (AvgIpc) is 3.03. The minimum atomic E-state index is -3.70. The summed E-state index contributed by atoms with van der Waals surface area (Å²) in [5.41, 5.74) is 2.07. The Bertz CT molecular complexity index is 1550. The van der Waals surface area contributed by atoms with Gasteiger partial charge in [0.25, 0.3) is 11.6 Å². The van der Waals surface area contributed by atoms with Crippen molar-refractivity contribution in [3.8, 4) is 17.2 Å². The number of non-ortho nitro benzene ring substituents is 1. The van der Waals surface area contributed by atoms with Gasteiger partial charge in [0.1, 0.15) is 12.4 Å². The van der Waals surface area contributed by atoms with Gasteiger partial charge in [0, 0.05) is 37.3 Å². The summed E-state index contributed by atoms with van der Waals surface area (Å²) in [6.07, 6.45) is 0.555. The second kappa shape index (κ2) is 12.3. The minimum absolute atomic E-state index is 0.0573. The van der Waals surface area contributed by atoms with E-state index < -0.39 is 21.0 Å². The van der Waals surface area contributed by atoms with Crippen LogP contribution < -0.4 is 14.2 Å². The Morgan fingerprint density at radius 3 is 2.24 bits per heavy atom. The fourth-order valence-corrected chi connectivity index (χ4v) is 6.57. The Morgan fingerprint density at radius 1 is 0.976 bits per heavy atom. The first-order valence-corrected chi connectivity index (χ1v) is 14.8. The van der Waals surface area contributed by atoms with Gasteiger partial charge >= 0.3 is 0 Å². The number of rotatable bonds is 9. The number of nitrogens with zero attached hydrogens (tertiary/aromatic N) is 3. The van der Waals surface area contributed by atoms with Gasteiger partial charge in [-0.3, -0.25) is 14.9 Å². The molecule has 2 aliphatic heterocycles. The zero-order valence-electron chi connectivity index (χ0n) is 23.2. The van der Waals surface area contributed by atoms with Gasteiger partial charge in [-0.1, -0.05) is 0 Å². The fraction of sp³-hybridized carbons (Fsp3) is 0.345. The van der Waals surface area contributed by atoms with E-state index in [1.165, 1.54) is 59.9 Å². The topological polar surface area (TPSA) is 138 Å². The van der Waals surface area contributed by atoms with Crippen LogP contribution in [0.1, 0.15) is 27.5 Å². The lowest BCUT2D eigenvalue weighted by molar-refractivity contribution is -0.384. The van der Waals surface area contributed by atoms with E-state index >= 15 is 0 Å². The highest BCUT2D eigenvalue weighted by molar-refractivity contribution is 7.89. The summed E-state index contributed by atoms with van der Waals surface area (Å²) >= 11 is 0. The van der Waals surface area contributed by atoms with Crippen molar-refractivity contribution < 1.29 is 37.1 Å². The number of methoxy groups -OCH3 is 2. The maximum atomic E-state index is 13.9. The van der Waals surface area contributed by atoms with Gasteiger partial charge in [-0.25, -0.2) is 8.42 Å². The van der Waals surface area contributed by atoms with E-state index in [9.17, 15) is 23.3 Å². The summed E-state index contributed by atoms with van der Waals surface area (Å²) in [4.78, 5) is 26.2. The van der Waals surface area contributed by atoms with Crippen molar-refractivity contribution in [2.45, 2.75) is 17.4 Å². The Balaban J connectivity index is 1.43. The first kappa shape index (κ1) is 29.3. The molecule has 1 saturated heterocycles. The summed E-state index contributed by atoms with van der Waals surface area (Å²) < 4.78 is 49.8. The molecule has 42 heavy (non-hydrogen) atoms. The van der Waals surface area contributed by atoms with Gasteiger partial charge in [-0.15, -0.1) is 0 Å². The number of fused-ring (bicyclic) bond motifs is 1. The van der Waals surface area contributed by atoms with Crippen LogP contribution in [0.25, 0.3) is 0 Å². The van der Waals surface area contributed by atoms with Crippen LogP contribution in [0.3, 0.4) is 0 Å². The van der Waals surface area contributed by atoms with E-state index in [4.69, 9.17) is 18.9 Å². The molecule has 0 aromatic heterocycles. The molecule has 13 heteroatoms. The van der Waals surface area contributed by atoms with Gasteiger partial charge < -0.3 is 23.8 Å².